The lowest BCUT2D eigenvalue weighted by molar-refractivity contribution is 0.333. The highest BCUT2D eigenvalue weighted by Gasteiger charge is 2.00. The third-order valence-electron chi connectivity index (χ3n) is 2.55. The smallest absolute Gasteiger partial charge is 0.164 e. The van der Waals surface area contributed by atoms with Gasteiger partial charge in [-0.2, -0.15) is 0 Å². The highest BCUT2D eigenvalue weighted by atomic mass is 32.2. The van der Waals surface area contributed by atoms with Gasteiger partial charge in [-0.1, -0.05) is 48.5 Å². The molecule has 0 bridgehead atoms. The van der Waals surface area contributed by atoms with E-state index in [9.17, 15) is 0 Å². The molecule has 0 saturated carbocycles. The molecule has 0 aliphatic carbocycles. The van der Waals surface area contributed by atoms with Gasteiger partial charge in [0.2, 0.25) is 0 Å². The zero-order valence-corrected chi connectivity index (χ0v) is 12.3. The van der Waals surface area contributed by atoms with Crippen LogP contribution >= 0.6 is 24.0 Å². The van der Waals surface area contributed by atoms with E-state index in [2.05, 4.69) is 24.3 Å². The van der Waals surface area contributed by atoms with Gasteiger partial charge in [-0.15, -0.1) is 11.8 Å². The number of hydrogen-bond donors (Lipinski definition) is 0. The van der Waals surface area contributed by atoms with E-state index in [-0.39, 0.29) is 0 Å². The number of thiocarbonyl (C=S) groups is 1. The van der Waals surface area contributed by atoms with Crippen molar-refractivity contribution in [3.8, 4) is 0 Å². The highest BCUT2D eigenvalue weighted by Crippen LogP contribution is 2.16. The topological polar surface area (TPSA) is 9.23 Å². The summed E-state index contributed by atoms with van der Waals surface area (Å²) >= 11 is 7.02. The van der Waals surface area contributed by atoms with Crippen molar-refractivity contribution in [3.05, 3.63) is 66.2 Å². The lowest BCUT2D eigenvalue weighted by Gasteiger charge is -2.07. The van der Waals surface area contributed by atoms with Gasteiger partial charge < -0.3 is 4.74 Å². The molecule has 2 rings (SSSR count). The van der Waals surface area contributed by atoms with E-state index in [1.807, 2.05) is 36.4 Å². The van der Waals surface area contributed by atoms with Crippen LogP contribution in [0.25, 0.3) is 0 Å². The Morgan fingerprint density at radius 1 is 0.947 bits per heavy atom. The second-order valence-electron chi connectivity index (χ2n) is 4.04. The van der Waals surface area contributed by atoms with E-state index in [0.717, 1.165) is 5.75 Å². The van der Waals surface area contributed by atoms with Crippen molar-refractivity contribution in [2.75, 3.05) is 12.4 Å². The summed E-state index contributed by atoms with van der Waals surface area (Å²) in [7, 11) is 0. The van der Waals surface area contributed by atoms with Crippen molar-refractivity contribution in [2.24, 2.45) is 0 Å². The summed E-state index contributed by atoms with van der Waals surface area (Å²) in [6.45, 7) is 0.658. The molecule has 0 N–H and O–H groups in total. The van der Waals surface area contributed by atoms with Gasteiger partial charge in [0.25, 0.3) is 0 Å². The van der Waals surface area contributed by atoms with E-state index < -0.39 is 0 Å². The summed E-state index contributed by atoms with van der Waals surface area (Å²) in [6.07, 6.45) is 0.714. The van der Waals surface area contributed by atoms with Gasteiger partial charge >= 0.3 is 0 Å². The van der Waals surface area contributed by atoms with Crippen LogP contribution in [0.4, 0.5) is 0 Å². The second-order valence-corrected chi connectivity index (χ2v) is 5.67. The third-order valence-corrected chi connectivity index (χ3v) is 3.79. The zero-order chi connectivity index (χ0) is 13.3. The van der Waals surface area contributed by atoms with Gasteiger partial charge in [0.1, 0.15) is 0 Å². The van der Waals surface area contributed by atoms with Crippen LogP contribution in [0, 0.1) is 0 Å². The highest BCUT2D eigenvalue weighted by molar-refractivity contribution is 7.99. The first-order valence-corrected chi connectivity index (χ1v) is 7.61. The van der Waals surface area contributed by atoms with Crippen molar-refractivity contribution in [3.63, 3.8) is 0 Å². The number of rotatable bonds is 6. The fraction of sp³-hybridized carbons (Fsp3) is 0.188. The molecule has 0 aliphatic rings. The Balaban J connectivity index is 1.65. The summed E-state index contributed by atoms with van der Waals surface area (Å²) in [5, 5.41) is 0.667. The maximum Gasteiger partial charge on any atom is 0.164 e. The average molecular weight is 288 g/mol. The van der Waals surface area contributed by atoms with Crippen LogP contribution in [0.2, 0.25) is 0 Å². The largest absolute Gasteiger partial charge is 0.486 e. The average Bonchev–Trinajstić information content (AvgIpc) is 2.46. The first-order chi connectivity index (χ1) is 9.34. The molecule has 0 aliphatic heterocycles. The summed E-state index contributed by atoms with van der Waals surface area (Å²) in [6, 6.07) is 20.5. The molecule has 1 nitrogen and oxygen atoms in total. The molecule has 0 aromatic heterocycles. The SMILES string of the molecule is S=C(Cc1ccccc1)OCCSc1ccccc1. The molecule has 0 atom stereocenters. The number of benzene rings is 2. The Bertz CT molecular complexity index is 497. The van der Waals surface area contributed by atoms with Crippen molar-refractivity contribution in [1.82, 2.24) is 0 Å². The maximum atomic E-state index is 5.58. The predicted octanol–water partition coefficient (Wildman–Crippen LogP) is 4.37. The quantitative estimate of drug-likeness (QED) is 0.444. The third kappa shape index (κ3) is 5.45. The summed E-state index contributed by atoms with van der Waals surface area (Å²) in [5.74, 6) is 0.916. The van der Waals surface area contributed by atoms with E-state index >= 15 is 0 Å². The summed E-state index contributed by atoms with van der Waals surface area (Å²) in [5.41, 5.74) is 1.20. The van der Waals surface area contributed by atoms with Crippen LogP contribution in [0.5, 0.6) is 0 Å². The Kier molecular flexibility index (Phi) is 5.92. The molecule has 19 heavy (non-hydrogen) atoms. The minimum atomic E-state index is 0.658. The van der Waals surface area contributed by atoms with Gasteiger partial charge in [0.05, 0.1) is 6.61 Å². The number of hydrogen-bond acceptors (Lipinski definition) is 3. The molecule has 0 radical (unpaired) electrons. The normalized spacial score (nSPS) is 10.1. The van der Waals surface area contributed by atoms with Crippen molar-refractivity contribution >= 4 is 29.0 Å². The number of thioether (sulfide) groups is 1. The van der Waals surface area contributed by atoms with Crippen LogP contribution < -0.4 is 0 Å². The zero-order valence-electron chi connectivity index (χ0n) is 10.6. The molecular weight excluding hydrogens is 272 g/mol. The van der Waals surface area contributed by atoms with E-state index in [4.69, 9.17) is 17.0 Å². The molecule has 0 saturated heterocycles. The van der Waals surface area contributed by atoms with Crippen LogP contribution in [-0.2, 0) is 11.2 Å². The van der Waals surface area contributed by atoms with Crippen LogP contribution in [-0.4, -0.2) is 17.4 Å². The Morgan fingerprint density at radius 2 is 1.58 bits per heavy atom. The molecule has 0 amide bonds. The fourth-order valence-corrected chi connectivity index (χ4v) is 2.65. The lowest BCUT2D eigenvalue weighted by atomic mass is 10.2. The standard InChI is InChI=1S/C16H16OS2/c18-16(13-14-7-3-1-4-8-14)17-11-12-19-15-9-5-2-6-10-15/h1-10H,11-13H2. The van der Waals surface area contributed by atoms with Gasteiger partial charge in [-0.3, -0.25) is 0 Å². The minimum Gasteiger partial charge on any atom is -0.486 e. The van der Waals surface area contributed by atoms with Crippen molar-refractivity contribution < 1.29 is 4.74 Å². The Morgan fingerprint density at radius 3 is 2.26 bits per heavy atom. The Hall–Kier alpha value is -1.32. The van der Waals surface area contributed by atoms with Crippen molar-refractivity contribution in [2.45, 2.75) is 11.3 Å². The number of ether oxygens (including phenoxy) is 1. The molecular formula is C16H16OS2. The molecule has 0 heterocycles. The molecule has 2 aromatic carbocycles. The molecule has 0 unspecified atom stereocenters. The molecule has 98 valence electrons. The van der Waals surface area contributed by atoms with Gasteiger partial charge in [0, 0.05) is 17.1 Å². The van der Waals surface area contributed by atoms with E-state index in [1.54, 1.807) is 11.8 Å². The first kappa shape index (κ1) is 14.1. The predicted molar refractivity (Wildman–Crippen MR) is 85.9 cm³/mol. The maximum absolute atomic E-state index is 5.58. The lowest BCUT2D eigenvalue weighted by Crippen LogP contribution is -2.08. The van der Waals surface area contributed by atoms with Gasteiger partial charge in [0.15, 0.2) is 5.05 Å². The summed E-state index contributed by atoms with van der Waals surface area (Å²) < 4.78 is 5.58. The molecule has 3 heteroatoms. The monoisotopic (exact) mass is 288 g/mol. The fourth-order valence-electron chi connectivity index (χ4n) is 1.65. The molecule has 0 spiro atoms. The van der Waals surface area contributed by atoms with Crippen molar-refractivity contribution in [1.29, 1.82) is 0 Å². The molecule has 0 fully saturated rings. The van der Waals surface area contributed by atoms with Crippen LogP contribution in [0.15, 0.2) is 65.6 Å². The molecule has 2 aromatic rings. The summed E-state index contributed by atoms with van der Waals surface area (Å²) in [4.78, 5) is 1.26. The minimum absolute atomic E-state index is 0.658. The second kappa shape index (κ2) is 7.97. The van der Waals surface area contributed by atoms with E-state index in [0.29, 0.717) is 18.1 Å². The van der Waals surface area contributed by atoms with Crippen LogP contribution in [0.1, 0.15) is 5.56 Å². The van der Waals surface area contributed by atoms with E-state index in [1.165, 1.54) is 10.5 Å². The van der Waals surface area contributed by atoms with Crippen LogP contribution in [0.3, 0.4) is 0 Å². The van der Waals surface area contributed by atoms with Gasteiger partial charge in [-0.05, 0) is 29.9 Å². The van der Waals surface area contributed by atoms with Gasteiger partial charge in [-0.25, -0.2) is 0 Å². The Labute approximate surface area is 124 Å². The first-order valence-electron chi connectivity index (χ1n) is 6.22.